The lowest BCUT2D eigenvalue weighted by atomic mass is 9.49. The Morgan fingerprint density at radius 1 is 1.06 bits per heavy atom. The summed E-state index contributed by atoms with van der Waals surface area (Å²) in [7, 11) is 0. The molecule has 0 aromatic heterocycles. The Labute approximate surface area is 112 Å². The summed E-state index contributed by atoms with van der Waals surface area (Å²) in [5.41, 5.74) is 1.21. The van der Waals surface area contributed by atoms with E-state index in [1.807, 2.05) is 0 Å². The second-order valence-electron chi connectivity index (χ2n) is 8.68. The third kappa shape index (κ3) is 1.38. The maximum absolute atomic E-state index is 10.7. The van der Waals surface area contributed by atoms with Gasteiger partial charge in [-0.15, -0.1) is 0 Å². The van der Waals surface area contributed by atoms with Crippen LogP contribution in [0, 0.1) is 34.0 Å². The molecule has 1 nitrogen and oxygen atoms in total. The van der Waals surface area contributed by atoms with Gasteiger partial charge in [-0.05, 0) is 54.3 Å². The van der Waals surface area contributed by atoms with E-state index in [2.05, 4.69) is 34.6 Å². The van der Waals surface area contributed by atoms with Gasteiger partial charge < -0.3 is 5.11 Å². The van der Waals surface area contributed by atoms with Crippen LogP contribution in [-0.2, 0) is 0 Å². The highest BCUT2D eigenvalue weighted by molar-refractivity contribution is 5.21. The fraction of sp³-hybridized carbons (Fsp3) is 1.00. The second kappa shape index (κ2) is 3.53. The minimum Gasteiger partial charge on any atom is -0.393 e. The minimum absolute atomic E-state index is 0.0436. The van der Waals surface area contributed by atoms with Crippen molar-refractivity contribution < 1.29 is 5.11 Å². The summed E-state index contributed by atoms with van der Waals surface area (Å²) in [6.45, 7) is 12.1. The van der Waals surface area contributed by atoms with Crippen molar-refractivity contribution in [2.24, 2.45) is 34.0 Å². The molecule has 0 heterocycles. The van der Waals surface area contributed by atoms with Crippen LogP contribution >= 0.6 is 0 Å². The molecule has 3 aliphatic rings. The highest BCUT2D eigenvalue weighted by atomic mass is 16.3. The highest BCUT2D eigenvalue weighted by Crippen LogP contribution is 2.76. The van der Waals surface area contributed by atoms with Gasteiger partial charge in [0.1, 0.15) is 0 Å². The predicted octanol–water partition coefficient (Wildman–Crippen LogP) is 4.25. The molecule has 0 spiro atoms. The van der Waals surface area contributed by atoms with E-state index in [1.165, 1.54) is 25.7 Å². The Morgan fingerprint density at radius 2 is 1.72 bits per heavy atom. The van der Waals surface area contributed by atoms with E-state index in [9.17, 15) is 5.11 Å². The van der Waals surface area contributed by atoms with Crippen molar-refractivity contribution in [3.8, 4) is 0 Å². The summed E-state index contributed by atoms with van der Waals surface area (Å²) >= 11 is 0. The van der Waals surface area contributed by atoms with Gasteiger partial charge in [0.2, 0.25) is 0 Å². The van der Waals surface area contributed by atoms with Gasteiger partial charge in [0, 0.05) is 5.41 Å². The van der Waals surface area contributed by atoms with E-state index >= 15 is 0 Å². The minimum atomic E-state index is -0.0436. The summed E-state index contributed by atoms with van der Waals surface area (Å²) in [6, 6.07) is 0. The topological polar surface area (TPSA) is 20.2 Å². The van der Waals surface area contributed by atoms with Crippen LogP contribution in [0.1, 0.15) is 66.7 Å². The van der Waals surface area contributed by atoms with E-state index in [4.69, 9.17) is 0 Å². The van der Waals surface area contributed by atoms with Gasteiger partial charge in [0.25, 0.3) is 0 Å². The molecule has 3 fully saturated rings. The van der Waals surface area contributed by atoms with Crippen LogP contribution in [0.5, 0.6) is 0 Å². The number of aliphatic hydroxyl groups excluding tert-OH is 1. The van der Waals surface area contributed by atoms with E-state index in [0.29, 0.717) is 16.7 Å². The Morgan fingerprint density at radius 3 is 2.33 bits per heavy atom. The summed E-state index contributed by atoms with van der Waals surface area (Å²) < 4.78 is 0. The average molecular weight is 250 g/mol. The van der Waals surface area contributed by atoms with Crippen LogP contribution in [0.15, 0.2) is 0 Å². The third-order valence-corrected chi connectivity index (χ3v) is 7.27. The van der Waals surface area contributed by atoms with Crippen LogP contribution in [0.2, 0.25) is 0 Å². The first kappa shape index (κ1) is 13.0. The molecule has 2 unspecified atom stereocenters. The van der Waals surface area contributed by atoms with Crippen molar-refractivity contribution in [3.05, 3.63) is 0 Å². The van der Waals surface area contributed by atoms with E-state index in [-0.39, 0.29) is 11.5 Å². The number of hydrogen-bond donors (Lipinski definition) is 1. The average Bonchev–Trinajstić information content (AvgIpc) is 2.99. The van der Waals surface area contributed by atoms with Gasteiger partial charge >= 0.3 is 0 Å². The lowest BCUT2D eigenvalue weighted by Gasteiger charge is -2.57. The first-order chi connectivity index (χ1) is 8.25. The molecule has 0 amide bonds. The Bertz CT molecular complexity index is 359. The van der Waals surface area contributed by atoms with Crippen LogP contribution < -0.4 is 0 Å². The number of fused-ring (bicyclic) bond motifs is 3. The zero-order valence-electron chi connectivity index (χ0n) is 12.8. The predicted molar refractivity (Wildman–Crippen MR) is 75.2 cm³/mol. The van der Waals surface area contributed by atoms with Gasteiger partial charge in [-0.3, -0.25) is 0 Å². The van der Waals surface area contributed by atoms with Gasteiger partial charge in [-0.2, -0.15) is 0 Å². The lowest BCUT2D eigenvalue weighted by Crippen LogP contribution is -2.52. The molecule has 1 N–H and O–H groups in total. The van der Waals surface area contributed by atoms with Crippen LogP contribution in [0.25, 0.3) is 0 Å². The fourth-order valence-corrected chi connectivity index (χ4v) is 6.15. The molecule has 0 aromatic rings. The smallest absolute Gasteiger partial charge is 0.0604 e. The highest BCUT2D eigenvalue weighted by Gasteiger charge is 2.72. The van der Waals surface area contributed by atoms with Crippen LogP contribution in [0.3, 0.4) is 0 Å². The maximum atomic E-state index is 10.7. The molecule has 0 aliphatic heterocycles. The first-order valence-corrected chi connectivity index (χ1v) is 7.93. The zero-order valence-corrected chi connectivity index (χ0v) is 12.8. The molecular formula is C17H30O. The second-order valence-corrected chi connectivity index (χ2v) is 8.68. The SMILES string of the molecule is CC(C)[C@@]12C[C@@H]1[C@@]1(C)CCCC(C)(C)C1CC2O. The monoisotopic (exact) mass is 250 g/mol. The number of rotatable bonds is 1. The van der Waals surface area contributed by atoms with Crippen molar-refractivity contribution in [1.29, 1.82) is 0 Å². The normalized spacial score (nSPS) is 53.8. The molecule has 0 bridgehead atoms. The van der Waals surface area contributed by atoms with Gasteiger partial charge in [-0.1, -0.05) is 41.0 Å². The molecule has 0 saturated heterocycles. The maximum Gasteiger partial charge on any atom is 0.0604 e. The molecular weight excluding hydrogens is 220 g/mol. The number of aliphatic hydroxyl groups is 1. The molecule has 18 heavy (non-hydrogen) atoms. The molecule has 0 radical (unpaired) electrons. The zero-order chi connectivity index (χ0) is 13.3. The molecule has 104 valence electrons. The molecule has 3 aliphatic carbocycles. The Kier molecular flexibility index (Phi) is 2.55. The lowest BCUT2D eigenvalue weighted by molar-refractivity contribution is -0.115. The Balaban J connectivity index is 1.97. The van der Waals surface area contributed by atoms with Crippen molar-refractivity contribution in [2.45, 2.75) is 72.8 Å². The molecule has 0 aromatic carbocycles. The summed E-state index contributed by atoms with van der Waals surface area (Å²) in [5.74, 6) is 2.16. The largest absolute Gasteiger partial charge is 0.393 e. The third-order valence-electron chi connectivity index (χ3n) is 7.27. The van der Waals surface area contributed by atoms with Gasteiger partial charge in [0.05, 0.1) is 6.10 Å². The van der Waals surface area contributed by atoms with Crippen molar-refractivity contribution in [2.75, 3.05) is 0 Å². The van der Waals surface area contributed by atoms with Crippen LogP contribution in [-0.4, -0.2) is 11.2 Å². The van der Waals surface area contributed by atoms with Gasteiger partial charge in [0.15, 0.2) is 0 Å². The van der Waals surface area contributed by atoms with Crippen molar-refractivity contribution in [3.63, 3.8) is 0 Å². The molecule has 3 rings (SSSR count). The summed E-state index contributed by atoms with van der Waals surface area (Å²) in [6.07, 6.45) is 6.43. The van der Waals surface area contributed by atoms with Crippen LogP contribution in [0.4, 0.5) is 0 Å². The molecule has 1 heteroatoms. The molecule has 3 saturated carbocycles. The Hall–Kier alpha value is -0.0400. The van der Waals surface area contributed by atoms with Crippen molar-refractivity contribution >= 4 is 0 Å². The van der Waals surface area contributed by atoms with E-state index < -0.39 is 0 Å². The summed E-state index contributed by atoms with van der Waals surface area (Å²) in [5, 5.41) is 10.7. The molecule has 5 atom stereocenters. The summed E-state index contributed by atoms with van der Waals surface area (Å²) in [4.78, 5) is 0. The van der Waals surface area contributed by atoms with Gasteiger partial charge in [-0.25, -0.2) is 0 Å². The van der Waals surface area contributed by atoms with E-state index in [0.717, 1.165) is 18.3 Å². The van der Waals surface area contributed by atoms with E-state index in [1.54, 1.807) is 0 Å². The van der Waals surface area contributed by atoms with Crippen molar-refractivity contribution in [1.82, 2.24) is 0 Å². The quantitative estimate of drug-likeness (QED) is 0.738. The number of hydrogen-bond acceptors (Lipinski definition) is 1. The first-order valence-electron chi connectivity index (χ1n) is 7.93. The standard InChI is InChI=1S/C17H30O/c1-11(2)17-10-13(17)16(5)8-6-7-15(3,4)12(16)9-14(17)18/h11-14,18H,6-10H2,1-5H3/t12?,13-,14?,16+,17+/m1/s1. The fourth-order valence-electron chi connectivity index (χ4n) is 6.15.